The molecular weight excluding hydrogens is 208 g/mol. The van der Waals surface area contributed by atoms with Crippen molar-refractivity contribution in [2.45, 2.75) is 30.3 Å². The average Bonchev–Trinajstić information content (AvgIpc) is 2.28. The number of hydrogen-bond acceptors (Lipinski definition) is 3. The SMILES string of the molecule is Oc1cccc(SCC2CCCCO2)c1. The summed E-state index contributed by atoms with van der Waals surface area (Å²) in [5.41, 5.74) is 0. The van der Waals surface area contributed by atoms with E-state index in [2.05, 4.69) is 0 Å². The summed E-state index contributed by atoms with van der Waals surface area (Å²) in [5.74, 6) is 1.33. The molecule has 1 fully saturated rings. The number of rotatable bonds is 3. The van der Waals surface area contributed by atoms with E-state index < -0.39 is 0 Å². The predicted molar refractivity (Wildman–Crippen MR) is 62.4 cm³/mol. The van der Waals surface area contributed by atoms with Gasteiger partial charge in [0, 0.05) is 17.3 Å². The topological polar surface area (TPSA) is 29.5 Å². The first-order valence-corrected chi connectivity index (χ1v) is 6.36. The van der Waals surface area contributed by atoms with E-state index in [1.807, 2.05) is 12.1 Å². The third-order valence-electron chi connectivity index (χ3n) is 2.53. The van der Waals surface area contributed by atoms with Gasteiger partial charge in [-0.3, -0.25) is 0 Å². The van der Waals surface area contributed by atoms with Gasteiger partial charge in [0.15, 0.2) is 0 Å². The second-order valence-electron chi connectivity index (χ2n) is 3.80. The van der Waals surface area contributed by atoms with E-state index in [-0.39, 0.29) is 0 Å². The van der Waals surface area contributed by atoms with Crippen LogP contribution in [0.15, 0.2) is 29.2 Å². The normalized spacial score (nSPS) is 21.5. The Balaban J connectivity index is 1.81. The molecule has 0 amide bonds. The molecule has 0 bridgehead atoms. The zero-order chi connectivity index (χ0) is 10.5. The van der Waals surface area contributed by atoms with Gasteiger partial charge in [-0.1, -0.05) is 6.07 Å². The van der Waals surface area contributed by atoms with Crippen molar-refractivity contribution in [3.05, 3.63) is 24.3 Å². The highest BCUT2D eigenvalue weighted by Gasteiger charge is 2.13. The van der Waals surface area contributed by atoms with Gasteiger partial charge in [-0.2, -0.15) is 0 Å². The first kappa shape index (κ1) is 10.8. The molecule has 3 heteroatoms. The Morgan fingerprint density at radius 1 is 1.40 bits per heavy atom. The van der Waals surface area contributed by atoms with Crippen molar-refractivity contribution in [1.82, 2.24) is 0 Å². The van der Waals surface area contributed by atoms with Gasteiger partial charge >= 0.3 is 0 Å². The van der Waals surface area contributed by atoms with Crippen molar-refractivity contribution in [3.8, 4) is 5.75 Å². The smallest absolute Gasteiger partial charge is 0.116 e. The van der Waals surface area contributed by atoms with Crippen molar-refractivity contribution in [2.24, 2.45) is 0 Å². The van der Waals surface area contributed by atoms with Crippen LogP contribution in [0.3, 0.4) is 0 Å². The summed E-state index contributed by atoms with van der Waals surface area (Å²) in [4.78, 5) is 1.11. The number of thioether (sulfide) groups is 1. The Morgan fingerprint density at radius 3 is 3.07 bits per heavy atom. The van der Waals surface area contributed by atoms with Gasteiger partial charge in [0.25, 0.3) is 0 Å². The van der Waals surface area contributed by atoms with Gasteiger partial charge in [0.1, 0.15) is 5.75 Å². The summed E-state index contributed by atoms with van der Waals surface area (Å²) in [7, 11) is 0. The monoisotopic (exact) mass is 224 g/mol. The van der Waals surface area contributed by atoms with Crippen LogP contribution in [0.2, 0.25) is 0 Å². The minimum absolute atomic E-state index is 0.338. The summed E-state index contributed by atoms with van der Waals surface area (Å²) >= 11 is 1.76. The van der Waals surface area contributed by atoms with E-state index in [1.165, 1.54) is 19.3 Å². The standard InChI is InChI=1S/C12H16O2S/c13-10-4-3-6-12(8-10)15-9-11-5-1-2-7-14-11/h3-4,6,8,11,13H,1-2,5,7,9H2. The quantitative estimate of drug-likeness (QED) is 0.800. The molecule has 0 aliphatic carbocycles. The fourth-order valence-electron chi connectivity index (χ4n) is 1.70. The number of phenols is 1. The summed E-state index contributed by atoms with van der Waals surface area (Å²) in [6, 6.07) is 7.39. The molecule has 1 aliphatic rings. The van der Waals surface area contributed by atoms with Crippen LogP contribution in [0.1, 0.15) is 19.3 Å². The lowest BCUT2D eigenvalue weighted by molar-refractivity contribution is 0.0315. The van der Waals surface area contributed by atoms with Crippen LogP contribution in [-0.4, -0.2) is 23.6 Å². The van der Waals surface area contributed by atoms with Crippen LogP contribution in [0.4, 0.5) is 0 Å². The molecule has 15 heavy (non-hydrogen) atoms. The van der Waals surface area contributed by atoms with Crippen molar-refractivity contribution >= 4 is 11.8 Å². The van der Waals surface area contributed by atoms with Crippen LogP contribution in [0.25, 0.3) is 0 Å². The molecule has 2 rings (SSSR count). The highest BCUT2D eigenvalue weighted by Crippen LogP contribution is 2.25. The summed E-state index contributed by atoms with van der Waals surface area (Å²) in [6.07, 6.45) is 4.05. The molecule has 1 saturated heterocycles. The van der Waals surface area contributed by atoms with Crippen molar-refractivity contribution in [3.63, 3.8) is 0 Å². The molecular formula is C12H16O2S. The Hall–Kier alpha value is -0.670. The van der Waals surface area contributed by atoms with Crippen molar-refractivity contribution in [2.75, 3.05) is 12.4 Å². The first-order chi connectivity index (χ1) is 7.34. The average molecular weight is 224 g/mol. The van der Waals surface area contributed by atoms with Crippen LogP contribution in [0.5, 0.6) is 5.75 Å². The lowest BCUT2D eigenvalue weighted by Crippen LogP contribution is -2.21. The second-order valence-corrected chi connectivity index (χ2v) is 4.89. The van der Waals surface area contributed by atoms with E-state index in [9.17, 15) is 5.11 Å². The molecule has 2 nitrogen and oxygen atoms in total. The van der Waals surface area contributed by atoms with Gasteiger partial charge in [0.2, 0.25) is 0 Å². The predicted octanol–water partition coefficient (Wildman–Crippen LogP) is 3.05. The van der Waals surface area contributed by atoms with Gasteiger partial charge in [-0.05, 0) is 37.5 Å². The van der Waals surface area contributed by atoms with Crippen molar-refractivity contribution < 1.29 is 9.84 Å². The number of ether oxygens (including phenoxy) is 1. The van der Waals surface area contributed by atoms with Gasteiger partial charge in [0.05, 0.1) is 6.10 Å². The number of phenolic OH excluding ortho intramolecular Hbond substituents is 1. The third kappa shape index (κ3) is 3.43. The lowest BCUT2D eigenvalue weighted by Gasteiger charge is -2.22. The van der Waals surface area contributed by atoms with Crippen LogP contribution in [0, 0.1) is 0 Å². The summed E-state index contributed by atoms with van der Waals surface area (Å²) in [6.45, 7) is 0.908. The maximum absolute atomic E-state index is 9.31. The molecule has 1 atom stereocenters. The van der Waals surface area contributed by atoms with Crippen LogP contribution < -0.4 is 0 Å². The zero-order valence-corrected chi connectivity index (χ0v) is 9.50. The lowest BCUT2D eigenvalue weighted by atomic mass is 10.1. The molecule has 1 unspecified atom stereocenters. The highest BCUT2D eigenvalue weighted by atomic mass is 32.2. The summed E-state index contributed by atoms with van der Waals surface area (Å²) in [5, 5.41) is 9.31. The number of benzene rings is 1. The van der Waals surface area contributed by atoms with E-state index in [0.717, 1.165) is 17.3 Å². The molecule has 0 aromatic heterocycles. The Morgan fingerprint density at radius 2 is 2.33 bits per heavy atom. The molecule has 1 aromatic rings. The number of aromatic hydroxyl groups is 1. The minimum Gasteiger partial charge on any atom is -0.508 e. The maximum atomic E-state index is 9.31. The summed E-state index contributed by atoms with van der Waals surface area (Å²) < 4.78 is 5.65. The van der Waals surface area contributed by atoms with E-state index in [1.54, 1.807) is 23.9 Å². The molecule has 1 N–H and O–H groups in total. The Kier molecular flexibility index (Phi) is 3.92. The molecule has 82 valence electrons. The van der Waals surface area contributed by atoms with E-state index >= 15 is 0 Å². The maximum Gasteiger partial charge on any atom is 0.116 e. The van der Waals surface area contributed by atoms with E-state index in [4.69, 9.17) is 4.74 Å². The molecule has 0 radical (unpaired) electrons. The van der Waals surface area contributed by atoms with Gasteiger partial charge in [-0.15, -0.1) is 11.8 Å². The first-order valence-electron chi connectivity index (χ1n) is 5.38. The highest BCUT2D eigenvalue weighted by molar-refractivity contribution is 7.99. The fourth-order valence-corrected chi connectivity index (χ4v) is 2.72. The fraction of sp³-hybridized carbons (Fsp3) is 0.500. The molecule has 0 spiro atoms. The van der Waals surface area contributed by atoms with Crippen LogP contribution >= 0.6 is 11.8 Å². The van der Waals surface area contributed by atoms with E-state index in [0.29, 0.717) is 11.9 Å². The van der Waals surface area contributed by atoms with Crippen molar-refractivity contribution in [1.29, 1.82) is 0 Å². The molecule has 1 heterocycles. The number of hydrogen-bond donors (Lipinski definition) is 1. The van der Waals surface area contributed by atoms with Gasteiger partial charge < -0.3 is 9.84 Å². The third-order valence-corrected chi connectivity index (χ3v) is 3.65. The largest absolute Gasteiger partial charge is 0.508 e. The Bertz CT molecular complexity index is 308. The molecule has 1 aliphatic heterocycles. The molecule has 1 aromatic carbocycles. The molecule has 0 saturated carbocycles. The second kappa shape index (κ2) is 5.42. The zero-order valence-electron chi connectivity index (χ0n) is 8.69. The van der Waals surface area contributed by atoms with Crippen LogP contribution in [-0.2, 0) is 4.74 Å². The minimum atomic E-state index is 0.338. The Labute approximate surface area is 94.6 Å². The van der Waals surface area contributed by atoms with Gasteiger partial charge in [-0.25, -0.2) is 0 Å².